The third-order valence-electron chi connectivity index (χ3n) is 6.79. The molecule has 4 heterocycles. The second-order valence-corrected chi connectivity index (χ2v) is 18.6. The van der Waals surface area contributed by atoms with Crippen LogP contribution >= 0.6 is 14.3 Å². The van der Waals surface area contributed by atoms with Gasteiger partial charge < -0.3 is 47.0 Å². The van der Waals surface area contributed by atoms with Crippen molar-refractivity contribution in [2.75, 3.05) is 40.9 Å². The van der Waals surface area contributed by atoms with Crippen LogP contribution in [0.3, 0.4) is 0 Å². The molecule has 16 heteroatoms. The van der Waals surface area contributed by atoms with E-state index in [0.717, 1.165) is 33.1 Å². The normalized spacial score (nSPS) is 35.8. The Morgan fingerprint density at radius 3 is 1.41 bits per heavy atom. The van der Waals surface area contributed by atoms with Crippen LogP contribution < -0.4 is 0 Å². The van der Waals surface area contributed by atoms with Gasteiger partial charge >= 0.3 is 0 Å². The zero-order valence-electron chi connectivity index (χ0n) is 25.6. The summed E-state index contributed by atoms with van der Waals surface area (Å²) in [6.07, 6.45) is -5.52. The highest BCUT2D eigenvalue weighted by Crippen LogP contribution is 2.57. The summed E-state index contributed by atoms with van der Waals surface area (Å²) in [5.41, 5.74) is -3.30. The molecule has 0 aromatic carbocycles. The summed E-state index contributed by atoms with van der Waals surface area (Å²) in [5.74, 6) is -1.38. The van der Waals surface area contributed by atoms with E-state index in [9.17, 15) is 26.7 Å². The Bertz CT molecular complexity index is 937. The van der Waals surface area contributed by atoms with Gasteiger partial charge in [0.25, 0.3) is 11.8 Å². The van der Waals surface area contributed by atoms with Crippen LogP contribution in [0.2, 0.25) is 0 Å². The van der Waals surface area contributed by atoms with E-state index < -0.39 is 68.7 Å². The number of alkyl halides is 4. The summed E-state index contributed by atoms with van der Waals surface area (Å²) < 4.78 is 117. The molecule has 244 valence electrons. The van der Waals surface area contributed by atoms with Crippen molar-refractivity contribution in [3.63, 3.8) is 0 Å². The highest BCUT2D eigenvalue weighted by Gasteiger charge is 2.59. The number of hydrogen-bond acceptors (Lipinski definition) is 10. The predicted molar refractivity (Wildman–Crippen MR) is 144 cm³/mol. The van der Waals surface area contributed by atoms with Gasteiger partial charge in [-0.05, 0) is 60.8 Å². The minimum atomic E-state index is -3.57. The molecule has 0 N–H and O–H groups in total. The summed E-state index contributed by atoms with van der Waals surface area (Å²) in [4.78, 5) is 0. The van der Waals surface area contributed by atoms with Gasteiger partial charge in [0, 0.05) is 20.6 Å². The molecule has 4 aliphatic heterocycles. The maximum absolute atomic E-state index is 14.0. The molecule has 41 heavy (non-hydrogen) atoms. The molecule has 4 saturated heterocycles. The van der Waals surface area contributed by atoms with Gasteiger partial charge in [-0.2, -0.15) is 8.78 Å². The molecule has 0 amide bonds. The summed E-state index contributed by atoms with van der Waals surface area (Å²) in [7, 11) is -3.59. The minimum absolute atomic E-state index is 0.0138. The first-order chi connectivity index (χ1) is 18.5. The fraction of sp³-hybridized carbons (Fsp3) is 1.00. The molecule has 0 aliphatic carbocycles. The minimum Gasteiger partial charge on any atom is -0.353 e. The van der Waals surface area contributed by atoms with Crippen molar-refractivity contribution in [3.8, 4) is 0 Å². The van der Waals surface area contributed by atoms with Crippen LogP contribution in [0.4, 0.5) is 17.6 Å². The van der Waals surface area contributed by atoms with Crippen LogP contribution in [0.25, 0.3) is 0 Å². The third kappa shape index (κ3) is 9.42. The highest BCUT2D eigenvalue weighted by molar-refractivity contribution is 7.63. The first kappa shape index (κ1) is 37.0. The van der Waals surface area contributed by atoms with Crippen LogP contribution in [0, 0.1) is 0 Å². The first-order valence-corrected chi connectivity index (χ1v) is 18.6. The Kier molecular flexibility index (Phi) is 12.2. The van der Waals surface area contributed by atoms with E-state index >= 15 is 0 Å². The average molecular weight is 645 g/mol. The number of fused-ring (bicyclic) bond motifs is 2. The molecule has 0 aromatic heterocycles. The average Bonchev–Trinajstić information content (AvgIpc) is 3.49. The molecular formula is C25H46F4O10P2. The van der Waals surface area contributed by atoms with E-state index in [1.54, 1.807) is 21.0 Å². The van der Waals surface area contributed by atoms with Gasteiger partial charge in [0.05, 0.1) is 12.2 Å². The topological polar surface area (TPSA) is 108 Å². The molecule has 10 nitrogen and oxygen atoms in total. The molecular weight excluding hydrogens is 598 g/mol. The lowest BCUT2D eigenvalue weighted by Crippen LogP contribution is -2.34. The number of hydrogen-bond donors (Lipinski definition) is 0. The van der Waals surface area contributed by atoms with Gasteiger partial charge in [0.15, 0.2) is 24.2 Å². The molecule has 4 aliphatic rings. The highest BCUT2D eigenvalue weighted by atomic mass is 31.2. The first-order valence-electron chi connectivity index (χ1n) is 13.3. The number of halogens is 4. The van der Waals surface area contributed by atoms with Crippen LogP contribution in [0.1, 0.15) is 47.5 Å². The molecule has 0 spiro atoms. The van der Waals surface area contributed by atoms with Crippen molar-refractivity contribution < 1.29 is 64.6 Å². The van der Waals surface area contributed by atoms with Gasteiger partial charge in [0.2, 0.25) is 0 Å². The van der Waals surface area contributed by atoms with Gasteiger partial charge in [-0.1, -0.05) is 6.92 Å². The molecule has 0 radical (unpaired) electrons. The van der Waals surface area contributed by atoms with E-state index in [4.69, 9.17) is 37.9 Å². The van der Waals surface area contributed by atoms with Gasteiger partial charge in [-0.3, -0.25) is 0 Å². The number of methoxy groups -OCH3 is 2. The lowest BCUT2D eigenvalue weighted by Gasteiger charge is -2.27. The molecule has 0 bridgehead atoms. The van der Waals surface area contributed by atoms with E-state index in [1.165, 1.54) is 7.11 Å². The monoisotopic (exact) mass is 644 g/mol. The second-order valence-electron chi connectivity index (χ2n) is 12.0. The van der Waals surface area contributed by atoms with Crippen molar-refractivity contribution in [2.45, 2.75) is 120 Å². The van der Waals surface area contributed by atoms with E-state index in [0.29, 0.717) is 0 Å². The third-order valence-corrected chi connectivity index (χ3v) is 9.48. The lowest BCUT2D eigenvalue weighted by molar-refractivity contribution is -0.231. The summed E-state index contributed by atoms with van der Waals surface area (Å²) >= 11 is 0. The van der Waals surface area contributed by atoms with Gasteiger partial charge in [-0.15, -0.1) is 0 Å². The summed E-state index contributed by atoms with van der Waals surface area (Å²) in [6, 6.07) is 0. The molecule has 4 fully saturated rings. The van der Waals surface area contributed by atoms with Gasteiger partial charge in [0.1, 0.15) is 38.7 Å². The van der Waals surface area contributed by atoms with Crippen molar-refractivity contribution in [3.05, 3.63) is 0 Å². The van der Waals surface area contributed by atoms with Crippen LogP contribution in [0.5, 0.6) is 0 Å². The fourth-order valence-corrected chi connectivity index (χ4v) is 5.24. The SMILES string of the molecule is CC[C@H]1O[C@@H](OC)[C@@H]2OC(C)(C)O[C@@H]21.CO[C@@H]1O[C@H](CC(F)(F)P(C)(C)=O)[C@H]2OC(C)(C)O[C@@H]12.CP(C)(=O)C(F)F. The van der Waals surface area contributed by atoms with Crippen LogP contribution in [-0.2, 0) is 47.0 Å². The van der Waals surface area contributed by atoms with E-state index in [2.05, 4.69) is 6.92 Å². The Morgan fingerprint density at radius 2 is 1.10 bits per heavy atom. The second kappa shape index (κ2) is 13.5. The number of ether oxygens (including phenoxy) is 8. The van der Waals surface area contributed by atoms with Crippen molar-refractivity contribution in [1.29, 1.82) is 0 Å². The molecule has 4 rings (SSSR count). The standard InChI is InChI=1S/C12H21F2O5P.C10H18O4.C3H7F2OP/c1-11(2)18-8-7(6-12(13,14)20(4,5)15)17-10(16-3)9(8)19-11;1-5-6-7-8(9(11-4)12-6)14-10(2,3)13-7;1-7(2,6)3(4)5/h7-10H,6H2,1-5H3;6-9H,5H2,1-4H3;3H,1-2H3/t7-,8-,9-,10-;6-,7-,8-,9-;/m11./s1. The van der Waals surface area contributed by atoms with Crippen molar-refractivity contribution in [1.82, 2.24) is 0 Å². The zero-order valence-corrected chi connectivity index (χ0v) is 27.4. The Hall–Kier alpha value is -0.140. The molecule has 8 atom stereocenters. The van der Waals surface area contributed by atoms with E-state index in [1.807, 2.05) is 13.8 Å². The van der Waals surface area contributed by atoms with Crippen molar-refractivity contribution >= 4 is 14.3 Å². The molecule has 0 aromatic rings. The molecule has 0 saturated carbocycles. The Morgan fingerprint density at radius 1 is 0.756 bits per heavy atom. The zero-order chi connectivity index (χ0) is 31.8. The largest absolute Gasteiger partial charge is 0.353 e. The lowest BCUT2D eigenvalue weighted by atomic mass is 10.1. The Labute approximate surface area is 240 Å². The van der Waals surface area contributed by atoms with Crippen LogP contribution in [0.15, 0.2) is 0 Å². The Balaban J connectivity index is 0.000000242. The predicted octanol–water partition coefficient (Wildman–Crippen LogP) is 5.60. The smallest absolute Gasteiger partial charge is 0.300 e. The van der Waals surface area contributed by atoms with Gasteiger partial charge in [-0.25, -0.2) is 8.78 Å². The summed E-state index contributed by atoms with van der Waals surface area (Å²) in [6.45, 7) is 13.6. The van der Waals surface area contributed by atoms with Crippen molar-refractivity contribution in [2.24, 2.45) is 0 Å². The number of rotatable bonds is 7. The summed E-state index contributed by atoms with van der Waals surface area (Å²) in [5, 5.41) is 0. The maximum atomic E-state index is 14.0. The fourth-order valence-electron chi connectivity index (χ4n) is 4.62. The van der Waals surface area contributed by atoms with Crippen LogP contribution in [-0.4, -0.2) is 113 Å². The maximum Gasteiger partial charge on any atom is 0.300 e. The quantitative estimate of drug-likeness (QED) is 0.257. The molecule has 0 unspecified atom stereocenters. The van der Waals surface area contributed by atoms with E-state index in [-0.39, 0.29) is 24.6 Å².